The number of ether oxygens (including phenoxy) is 2. The lowest BCUT2D eigenvalue weighted by molar-refractivity contribution is 0.0886. The molecule has 0 aliphatic heterocycles. The van der Waals surface area contributed by atoms with Gasteiger partial charge in [-0.2, -0.15) is 0 Å². The summed E-state index contributed by atoms with van der Waals surface area (Å²) in [6, 6.07) is 3.68. The van der Waals surface area contributed by atoms with E-state index < -0.39 is 0 Å². The molecule has 0 bridgehead atoms. The Kier molecular flexibility index (Phi) is 5.94. The summed E-state index contributed by atoms with van der Waals surface area (Å²) in [6.07, 6.45) is 1.87. The van der Waals surface area contributed by atoms with Crippen molar-refractivity contribution in [2.45, 2.75) is 39.4 Å². The second-order valence-electron chi connectivity index (χ2n) is 4.10. The van der Waals surface area contributed by atoms with Crippen LogP contribution in [0.2, 0.25) is 0 Å². The van der Waals surface area contributed by atoms with Gasteiger partial charge in [-0.15, -0.1) is 0 Å². The molecule has 96 valence electrons. The molecule has 1 atom stereocenters. The van der Waals surface area contributed by atoms with E-state index in [0.717, 1.165) is 24.1 Å². The number of hydrogen-bond donors (Lipinski definition) is 1. The van der Waals surface area contributed by atoms with Crippen LogP contribution in [0.25, 0.3) is 0 Å². The Bertz CT molecular complexity index is 341. The molecule has 17 heavy (non-hydrogen) atoms. The van der Waals surface area contributed by atoms with E-state index in [1.54, 1.807) is 13.2 Å². The lowest BCUT2D eigenvalue weighted by atomic mass is 10.2. The van der Waals surface area contributed by atoms with Gasteiger partial charge in [0.1, 0.15) is 6.10 Å². The van der Waals surface area contributed by atoms with Gasteiger partial charge in [0, 0.05) is 18.9 Å². The highest BCUT2D eigenvalue weighted by molar-refractivity contribution is 5.25. The van der Waals surface area contributed by atoms with Crippen LogP contribution in [-0.4, -0.2) is 29.9 Å². The van der Waals surface area contributed by atoms with Crippen LogP contribution in [0.15, 0.2) is 12.1 Å². The lowest BCUT2D eigenvalue weighted by Crippen LogP contribution is -2.19. The van der Waals surface area contributed by atoms with Gasteiger partial charge in [0.05, 0.1) is 13.2 Å². The van der Waals surface area contributed by atoms with E-state index in [4.69, 9.17) is 9.47 Å². The summed E-state index contributed by atoms with van der Waals surface area (Å²) in [5, 5.41) is 9.18. The van der Waals surface area contributed by atoms with Crippen LogP contribution in [0.5, 0.6) is 5.88 Å². The molecule has 1 rings (SSSR count). The molecule has 0 amide bonds. The first-order valence-electron chi connectivity index (χ1n) is 5.95. The fourth-order valence-corrected chi connectivity index (χ4v) is 1.63. The summed E-state index contributed by atoms with van der Waals surface area (Å²) in [4.78, 5) is 4.40. The summed E-state index contributed by atoms with van der Waals surface area (Å²) < 4.78 is 10.6. The van der Waals surface area contributed by atoms with Gasteiger partial charge in [-0.25, -0.2) is 4.98 Å². The summed E-state index contributed by atoms with van der Waals surface area (Å²) in [7, 11) is 1.64. The number of aliphatic hydroxyl groups is 1. The van der Waals surface area contributed by atoms with Gasteiger partial charge in [0.2, 0.25) is 5.88 Å². The van der Waals surface area contributed by atoms with E-state index in [1.807, 2.05) is 13.0 Å². The van der Waals surface area contributed by atoms with Gasteiger partial charge < -0.3 is 14.6 Å². The molecule has 0 aliphatic rings. The molecule has 0 fully saturated rings. The van der Waals surface area contributed by atoms with Gasteiger partial charge in [-0.3, -0.25) is 0 Å². The van der Waals surface area contributed by atoms with E-state index >= 15 is 0 Å². The normalized spacial score (nSPS) is 12.5. The zero-order valence-corrected chi connectivity index (χ0v) is 10.8. The van der Waals surface area contributed by atoms with Gasteiger partial charge in [0.15, 0.2) is 0 Å². The van der Waals surface area contributed by atoms with E-state index in [0.29, 0.717) is 12.5 Å². The second kappa shape index (κ2) is 7.25. The number of aliphatic hydroxyl groups excluding tert-OH is 1. The summed E-state index contributed by atoms with van der Waals surface area (Å²) in [5.74, 6) is 0.560. The fraction of sp³-hybridized carbons (Fsp3) is 0.615. The maximum absolute atomic E-state index is 9.18. The van der Waals surface area contributed by atoms with Gasteiger partial charge in [-0.1, -0.05) is 13.3 Å². The zero-order valence-electron chi connectivity index (χ0n) is 10.8. The van der Waals surface area contributed by atoms with Crippen molar-refractivity contribution in [2.75, 3.05) is 13.7 Å². The van der Waals surface area contributed by atoms with E-state index in [-0.39, 0.29) is 12.7 Å². The predicted molar refractivity (Wildman–Crippen MR) is 66.1 cm³/mol. The van der Waals surface area contributed by atoms with Crippen molar-refractivity contribution in [1.82, 2.24) is 4.98 Å². The molecule has 0 aromatic carbocycles. The first kappa shape index (κ1) is 13.9. The minimum atomic E-state index is -0.0454. The van der Waals surface area contributed by atoms with Gasteiger partial charge in [0.25, 0.3) is 0 Å². The Labute approximate surface area is 103 Å². The molecular weight excluding hydrogens is 218 g/mol. The smallest absolute Gasteiger partial charge is 0.214 e. The number of hydrogen-bond acceptors (Lipinski definition) is 4. The van der Waals surface area contributed by atoms with E-state index in [9.17, 15) is 5.11 Å². The average Bonchev–Trinajstić information content (AvgIpc) is 2.29. The molecule has 4 nitrogen and oxygen atoms in total. The third-order valence-corrected chi connectivity index (χ3v) is 2.33. The van der Waals surface area contributed by atoms with Crippen molar-refractivity contribution in [3.63, 3.8) is 0 Å². The molecule has 4 heteroatoms. The largest absolute Gasteiger partial charge is 0.472 e. The molecule has 0 saturated carbocycles. The first-order chi connectivity index (χ1) is 8.19. The van der Waals surface area contributed by atoms with Crippen LogP contribution in [0.1, 0.15) is 31.5 Å². The number of aryl methyl sites for hydroxylation is 1. The van der Waals surface area contributed by atoms with Crippen LogP contribution < -0.4 is 4.74 Å². The molecule has 1 aromatic heterocycles. The van der Waals surface area contributed by atoms with Crippen molar-refractivity contribution >= 4 is 0 Å². The highest BCUT2D eigenvalue weighted by Crippen LogP contribution is 2.15. The monoisotopic (exact) mass is 239 g/mol. The van der Waals surface area contributed by atoms with Crippen molar-refractivity contribution in [3.8, 4) is 5.88 Å². The maximum Gasteiger partial charge on any atom is 0.214 e. The standard InChI is InChI=1S/C13H21NO3/c1-4-5-12-6-11(8-15)7-13(14-12)17-10(2)9-16-3/h6-7,10,15H,4-5,8-9H2,1-3H3. The predicted octanol–water partition coefficient (Wildman–Crippen LogP) is 1.94. The molecule has 0 radical (unpaired) electrons. The second-order valence-corrected chi connectivity index (χ2v) is 4.10. The zero-order chi connectivity index (χ0) is 12.7. The van der Waals surface area contributed by atoms with Crippen molar-refractivity contribution in [3.05, 3.63) is 23.4 Å². The first-order valence-corrected chi connectivity index (χ1v) is 5.95. The minimum Gasteiger partial charge on any atom is -0.472 e. The molecule has 0 saturated heterocycles. The van der Waals surface area contributed by atoms with Gasteiger partial charge >= 0.3 is 0 Å². The van der Waals surface area contributed by atoms with Gasteiger partial charge in [-0.05, 0) is 25.0 Å². The molecule has 1 aromatic rings. The summed E-state index contributed by atoms with van der Waals surface area (Å²) in [6.45, 7) is 4.56. The molecule has 1 unspecified atom stereocenters. The number of pyridine rings is 1. The Balaban J connectivity index is 2.79. The third-order valence-electron chi connectivity index (χ3n) is 2.33. The Morgan fingerprint density at radius 3 is 2.76 bits per heavy atom. The van der Waals surface area contributed by atoms with Crippen LogP contribution >= 0.6 is 0 Å². The third kappa shape index (κ3) is 4.71. The number of rotatable bonds is 7. The molecule has 1 heterocycles. The molecule has 0 spiro atoms. The molecule has 0 aliphatic carbocycles. The number of nitrogens with zero attached hydrogens (tertiary/aromatic N) is 1. The highest BCUT2D eigenvalue weighted by atomic mass is 16.5. The van der Waals surface area contributed by atoms with E-state index in [2.05, 4.69) is 11.9 Å². The van der Waals surface area contributed by atoms with Crippen molar-refractivity contribution in [1.29, 1.82) is 0 Å². The Hall–Kier alpha value is -1.13. The Morgan fingerprint density at radius 1 is 1.41 bits per heavy atom. The minimum absolute atomic E-state index is 0.00819. The summed E-state index contributed by atoms with van der Waals surface area (Å²) in [5.41, 5.74) is 1.79. The van der Waals surface area contributed by atoms with Crippen LogP contribution in [0.3, 0.4) is 0 Å². The van der Waals surface area contributed by atoms with Crippen LogP contribution in [0, 0.1) is 0 Å². The van der Waals surface area contributed by atoms with Crippen LogP contribution in [0.4, 0.5) is 0 Å². The van der Waals surface area contributed by atoms with Crippen LogP contribution in [-0.2, 0) is 17.8 Å². The van der Waals surface area contributed by atoms with Crippen molar-refractivity contribution in [2.24, 2.45) is 0 Å². The maximum atomic E-state index is 9.18. The number of methoxy groups -OCH3 is 1. The summed E-state index contributed by atoms with van der Waals surface area (Å²) >= 11 is 0. The Morgan fingerprint density at radius 2 is 2.18 bits per heavy atom. The SMILES string of the molecule is CCCc1cc(CO)cc(OC(C)COC)n1. The molecule has 1 N–H and O–H groups in total. The van der Waals surface area contributed by atoms with Crippen molar-refractivity contribution < 1.29 is 14.6 Å². The fourth-order valence-electron chi connectivity index (χ4n) is 1.63. The topological polar surface area (TPSA) is 51.6 Å². The quantitative estimate of drug-likeness (QED) is 0.790. The lowest BCUT2D eigenvalue weighted by Gasteiger charge is -2.14. The highest BCUT2D eigenvalue weighted by Gasteiger charge is 2.07. The van der Waals surface area contributed by atoms with E-state index in [1.165, 1.54) is 0 Å². The molecular formula is C13H21NO3. The number of aromatic nitrogens is 1. The average molecular weight is 239 g/mol.